The standard InChI is InChI=1S/C25H19N3O3/c29-24-10-11-25(30)28(24)22-16-27-21-9-8-19(14-20(21)22)31-23(18-6-2-1-3-7-18)13-17-5-4-12-26-15-17/h1-9,12-16,27H,10-11H2/b23-13+. The summed E-state index contributed by atoms with van der Waals surface area (Å²) >= 11 is 0. The number of amides is 2. The number of aromatic nitrogens is 2. The van der Waals surface area contributed by atoms with Crippen molar-refractivity contribution in [2.75, 3.05) is 4.90 Å². The van der Waals surface area contributed by atoms with Crippen LogP contribution in [-0.4, -0.2) is 21.8 Å². The Bertz CT molecular complexity index is 1280. The third-order valence-corrected chi connectivity index (χ3v) is 5.19. The summed E-state index contributed by atoms with van der Waals surface area (Å²) in [4.78, 5) is 33.0. The number of aromatic amines is 1. The van der Waals surface area contributed by atoms with Crippen LogP contribution in [0.15, 0.2) is 79.3 Å². The van der Waals surface area contributed by atoms with Crippen molar-refractivity contribution in [1.29, 1.82) is 0 Å². The molecule has 31 heavy (non-hydrogen) atoms. The predicted molar refractivity (Wildman–Crippen MR) is 119 cm³/mol. The molecule has 1 fully saturated rings. The summed E-state index contributed by atoms with van der Waals surface area (Å²) in [5.74, 6) is 0.905. The van der Waals surface area contributed by atoms with Gasteiger partial charge in [0, 0.05) is 47.9 Å². The van der Waals surface area contributed by atoms with Crippen LogP contribution in [0.1, 0.15) is 24.0 Å². The van der Waals surface area contributed by atoms with Gasteiger partial charge in [-0.15, -0.1) is 0 Å². The molecule has 1 saturated heterocycles. The average molecular weight is 409 g/mol. The molecule has 1 aliphatic rings. The molecule has 6 nitrogen and oxygen atoms in total. The van der Waals surface area contributed by atoms with Gasteiger partial charge in [-0.1, -0.05) is 36.4 Å². The number of anilines is 1. The van der Waals surface area contributed by atoms with Crippen molar-refractivity contribution in [3.8, 4) is 5.75 Å². The molecule has 4 aromatic rings. The molecule has 3 heterocycles. The first-order chi connectivity index (χ1) is 15.2. The molecule has 152 valence electrons. The molecular weight excluding hydrogens is 390 g/mol. The number of ether oxygens (including phenoxy) is 1. The Hall–Kier alpha value is -4.19. The first-order valence-corrected chi connectivity index (χ1v) is 10.0. The molecule has 2 aromatic heterocycles. The van der Waals surface area contributed by atoms with Gasteiger partial charge in [0.1, 0.15) is 11.5 Å². The average Bonchev–Trinajstić information content (AvgIpc) is 3.36. The first-order valence-electron chi connectivity index (χ1n) is 10.0. The van der Waals surface area contributed by atoms with Gasteiger partial charge in [-0.2, -0.15) is 0 Å². The molecule has 0 aliphatic carbocycles. The Morgan fingerprint density at radius 3 is 2.55 bits per heavy atom. The number of pyridine rings is 1. The summed E-state index contributed by atoms with van der Waals surface area (Å²) in [7, 11) is 0. The fourth-order valence-corrected chi connectivity index (χ4v) is 3.69. The Balaban J connectivity index is 1.55. The zero-order valence-electron chi connectivity index (χ0n) is 16.6. The van der Waals surface area contributed by atoms with E-state index in [4.69, 9.17) is 4.74 Å². The van der Waals surface area contributed by atoms with Gasteiger partial charge in [0.25, 0.3) is 0 Å². The highest BCUT2D eigenvalue weighted by molar-refractivity contribution is 6.23. The summed E-state index contributed by atoms with van der Waals surface area (Å²) in [6.07, 6.45) is 7.60. The molecule has 2 amide bonds. The molecule has 0 spiro atoms. The molecule has 0 radical (unpaired) electrons. The smallest absolute Gasteiger partial charge is 0.234 e. The van der Waals surface area contributed by atoms with E-state index in [9.17, 15) is 9.59 Å². The second-order valence-corrected chi connectivity index (χ2v) is 7.27. The minimum atomic E-state index is -0.182. The van der Waals surface area contributed by atoms with Crippen molar-refractivity contribution < 1.29 is 14.3 Å². The van der Waals surface area contributed by atoms with E-state index in [1.54, 1.807) is 18.6 Å². The lowest BCUT2D eigenvalue weighted by atomic mass is 10.1. The Kier molecular flexibility index (Phi) is 4.80. The number of rotatable bonds is 5. The maximum atomic E-state index is 12.2. The fraction of sp³-hybridized carbons (Fsp3) is 0.0800. The fourth-order valence-electron chi connectivity index (χ4n) is 3.69. The van der Waals surface area contributed by atoms with E-state index in [0.29, 0.717) is 17.2 Å². The third-order valence-electron chi connectivity index (χ3n) is 5.19. The zero-order chi connectivity index (χ0) is 21.2. The maximum absolute atomic E-state index is 12.2. The number of hydrogen-bond donors (Lipinski definition) is 1. The van der Waals surface area contributed by atoms with Crippen LogP contribution in [0.4, 0.5) is 5.69 Å². The summed E-state index contributed by atoms with van der Waals surface area (Å²) in [5.41, 5.74) is 3.22. The van der Waals surface area contributed by atoms with E-state index in [1.807, 2.05) is 66.7 Å². The zero-order valence-corrected chi connectivity index (χ0v) is 16.6. The van der Waals surface area contributed by atoms with Gasteiger partial charge in [0.15, 0.2) is 0 Å². The Morgan fingerprint density at radius 2 is 1.81 bits per heavy atom. The molecule has 0 unspecified atom stereocenters. The van der Waals surface area contributed by atoms with Gasteiger partial charge < -0.3 is 9.72 Å². The number of nitrogens with zero attached hydrogens (tertiary/aromatic N) is 2. The Labute approximate surface area is 178 Å². The monoisotopic (exact) mass is 409 g/mol. The van der Waals surface area contributed by atoms with Crippen molar-refractivity contribution in [2.24, 2.45) is 0 Å². The lowest BCUT2D eigenvalue weighted by Gasteiger charge is -2.14. The lowest BCUT2D eigenvalue weighted by molar-refractivity contribution is -0.121. The molecule has 6 heteroatoms. The van der Waals surface area contributed by atoms with Crippen molar-refractivity contribution in [3.63, 3.8) is 0 Å². The number of benzene rings is 2. The molecule has 0 atom stereocenters. The highest BCUT2D eigenvalue weighted by Gasteiger charge is 2.32. The second-order valence-electron chi connectivity index (χ2n) is 7.27. The third kappa shape index (κ3) is 3.71. The van der Waals surface area contributed by atoms with E-state index in [0.717, 1.165) is 22.0 Å². The van der Waals surface area contributed by atoms with Gasteiger partial charge in [0.2, 0.25) is 11.8 Å². The second kappa shape index (κ2) is 7.91. The van der Waals surface area contributed by atoms with Crippen LogP contribution in [0.25, 0.3) is 22.7 Å². The van der Waals surface area contributed by atoms with Crippen LogP contribution in [0.2, 0.25) is 0 Å². The number of fused-ring (bicyclic) bond motifs is 1. The van der Waals surface area contributed by atoms with Crippen molar-refractivity contribution >= 4 is 40.2 Å². The van der Waals surface area contributed by atoms with Crippen LogP contribution >= 0.6 is 0 Å². The summed E-state index contributed by atoms with van der Waals surface area (Å²) in [6.45, 7) is 0. The van der Waals surface area contributed by atoms with Crippen molar-refractivity contribution in [3.05, 3.63) is 90.4 Å². The van der Waals surface area contributed by atoms with E-state index < -0.39 is 0 Å². The van der Waals surface area contributed by atoms with Crippen molar-refractivity contribution in [1.82, 2.24) is 9.97 Å². The molecule has 0 saturated carbocycles. The molecule has 0 bridgehead atoms. The van der Waals surface area contributed by atoms with Gasteiger partial charge in [-0.3, -0.25) is 14.6 Å². The molecule has 1 N–H and O–H groups in total. The first kappa shape index (κ1) is 18.8. The number of hydrogen-bond acceptors (Lipinski definition) is 4. The minimum Gasteiger partial charge on any atom is -0.457 e. The number of nitrogens with one attached hydrogen (secondary N) is 1. The lowest BCUT2D eigenvalue weighted by Crippen LogP contribution is -2.28. The number of H-pyrrole nitrogens is 1. The van der Waals surface area contributed by atoms with Crippen LogP contribution in [0.3, 0.4) is 0 Å². The number of imide groups is 1. The summed E-state index contributed by atoms with van der Waals surface area (Å²) in [6, 6.07) is 19.2. The van der Waals surface area contributed by atoms with Crippen LogP contribution in [-0.2, 0) is 9.59 Å². The van der Waals surface area contributed by atoms with Gasteiger partial charge in [-0.05, 0) is 35.9 Å². The molecule has 1 aliphatic heterocycles. The molecule has 5 rings (SSSR count). The van der Waals surface area contributed by atoms with E-state index in [1.165, 1.54) is 4.90 Å². The SMILES string of the molecule is O=C1CCC(=O)N1c1c[nH]c2ccc(O/C(=C/c3cccnc3)c3ccccc3)cc12. The highest BCUT2D eigenvalue weighted by atomic mass is 16.5. The number of carbonyl (C=O) groups is 2. The molecular formula is C25H19N3O3. The normalized spacial score (nSPS) is 14.5. The highest BCUT2D eigenvalue weighted by Crippen LogP contribution is 2.34. The minimum absolute atomic E-state index is 0.182. The van der Waals surface area contributed by atoms with Gasteiger partial charge in [0.05, 0.1) is 5.69 Å². The summed E-state index contributed by atoms with van der Waals surface area (Å²) < 4.78 is 6.28. The predicted octanol–water partition coefficient (Wildman–Crippen LogP) is 4.79. The van der Waals surface area contributed by atoms with Crippen molar-refractivity contribution in [2.45, 2.75) is 12.8 Å². The van der Waals surface area contributed by atoms with Gasteiger partial charge in [-0.25, -0.2) is 4.90 Å². The number of carbonyl (C=O) groups excluding carboxylic acids is 2. The largest absolute Gasteiger partial charge is 0.457 e. The Morgan fingerprint density at radius 1 is 1.00 bits per heavy atom. The maximum Gasteiger partial charge on any atom is 0.234 e. The quantitative estimate of drug-likeness (QED) is 0.380. The van der Waals surface area contributed by atoms with E-state index in [2.05, 4.69) is 9.97 Å². The molecule has 2 aromatic carbocycles. The van der Waals surface area contributed by atoms with E-state index >= 15 is 0 Å². The van der Waals surface area contributed by atoms with Crippen LogP contribution in [0.5, 0.6) is 5.75 Å². The van der Waals surface area contributed by atoms with Crippen LogP contribution < -0.4 is 9.64 Å². The van der Waals surface area contributed by atoms with E-state index in [-0.39, 0.29) is 24.7 Å². The summed E-state index contributed by atoms with van der Waals surface area (Å²) in [5, 5.41) is 0.759. The van der Waals surface area contributed by atoms with Gasteiger partial charge >= 0.3 is 0 Å². The van der Waals surface area contributed by atoms with Crippen LogP contribution in [0, 0.1) is 0 Å². The topological polar surface area (TPSA) is 75.3 Å².